The molecule has 0 bridgehead atoms. The van der Waals surface area contributed by atoms with Crippen LogP contribution in [0.2, 0.25) is 0 Å². The molecule has 0 saturated carbocycles. The summed E-state index contributed by atoms with van der Waals surface area (Å²) in [5, 5.41) is 36.8. The van der Waals surface area contributed by atoms with Gasteiger partial charge in [0.25, 0.3) is 0 Å². The molecule has 0 aliphatic rings. The molecule has 2 atom stereocenters. The highest BCUT2D eigenvalue weighted by atomic mass is 16.3. The molecule has 0 aliphatic carbocycles. The zero-order chi connectivity index (χ0) is 18.2. The van der Waals surface area contributed by atoms with Crippen molar-refractivity contribution < 1.29 is 25.2 Å². The highest BCUT2D eigenvalue weighted by Crippen LogP contribution is 2.11. The second kappa shape index (κ2) is 15.8. The van der Waals surface area contributed by atoms with E-state index >= 15 is 0 Å². The number of hydrogen-bond donors (Lipinski definition) is 4. The molecule has 2 unspecified atom stereocenters. The van der Waals surface area contributed by atoms with Gasteiger partial charge in [0.15, 0.2) is 0 Å². The van der Waals surface area contributed by atoms with Crippen LogP contribution < -0.4 is 0 Å². The predicted molar refractivity (Wildman–Crippen MR) is 94.6 cm³/mol. The van der Waals surface area contributed by atoms with Gasteiger partial charge in [-0.15, -0.1) is 0 Å². The molecule has 6 nitrogen and oxygen atoms in total. The fourth-order valence-electron chi connectivity index (χ4n) is 2.65. The van der Waals surface area contributed by atoms with E-state index in [9.17, 15) is 15.0 Å². The molecule has 0 fully saturated rings. The van der Waals surface area contributed by atoms with E-state index < -0.39 is 25.4 Å². The van der Waals surface area contributed by atoms with Gasteiger partial charge in [-0.2, -0.15) is 0 Å². The number of amides is 1. The average molecular weight is 347 g/mol. The van der Waals surface area contributed by atoms with Gasteiger partial charge in [0.2, 0.25) is 5.91 Å². The zero-order valence-corrected chi connectivity index (χ0v) is 15.2. The first-order chi connectivity index (χ1) is 11.5. The van der Waals surface area contributed by atoms with Crippen LogP contribution in [-0.2, 0) is 4.79 Å². The van der Waals surface area contributed by atoms with E-state index in [1.165, 1.54) is 43.4 Å². The molecule has 0 heterocycles. The lowest BCUT2D eigenvalue weighted by atomic mass is 10.1. The molecule has 0 rings (SSSR count). The molecular weight excluding hydrogens is 310 g/mol. The van der Waals surface area contributed by atoms with Gasteiger partial charge in [-0.05, 0) is 6.42 Å². The smallest absolute Gasteiger partial charge is 0.222 e. The summed E-state index contributed by atoms with van der Waals surface area (Å²) in [7, 11) is 0. The first kappa shape index (κ1) is 23.3. The first-order valence-electron chi connectivity index (χ1n) is 9.40. The van der Waals surface area contributed by atoms with Crippen molar-refractivity contribution in [2.24, 2.45) is 0 Å². The Morgan fingerprint density at radius 1 is 0.792 bits per heavy atom. The lowest BCUT2D eigenvalue weighted by Crippen LogP contribution is -2.43. The lowest BCUT2D eigenvalue weighted by Gasteiger charge is -2.26. The van der Waals surface area contributed by atoms with E-state index in [1.54, 1.807) is 0 Å². The molecule has 0 aromatic carbocycles. The average Bonchev–Trinajstić information content (AvgIpc) is 2.59. The number of unbranched alkanes of at least 4 members (excludes halogenated alkanes) is 8. The molecule has 144 valence electrons. The second-order valence-electron chi connectivity index (χ2n) is 6.55. The molecule has 0 spiro atoms. The monoisotopic (exact) mass is 347 g/mol. The number of aliphatic hydroxyl groups excluding tert-OH is 4. The summed E-state index contributed by atoms with van der Waals surface area (Å²) in [6.07, 6.45) is 8.85. The van der Waals surface area contributed by atoms with Crippen LogP contribution >= 0.6 is 0 Å². The highest BCUT2D eigenvalue weighted by molar-refractivity contribution is 5.76. The minimum atomic E-state index is -1.03. The molecule has 0 aromatic rings. The van der Waals surface area contributed by atoms with Crippen molar-refractivity contribution >= 4 is 5.91 Å². The standard InChI is InChI=1S/C18H37NO5/c1-2-3-4-5-6-7-8-9-10-11-18(24)19(12-16(22)14-20)13-17(23)15-21/h16-17,20-23H,2-15H2,1H3. The summed E-state index contributed by atoms with van der Waals surface area (Å²) >= 11 is 0. The Labute approximate surface area is 146 Å². The lowest BCUT2D eigenvalue weighted by molar-refractivity contribution is -0.135. The third-order valence-electron chi connectivity index (χ3n) is 4.13. The molecule has 0 aromatic heterocycles. The van der Waals surface area contributed by atoms with Crippen molar-refractivity contribution in [3.8, 4) is 0 Å². The third kappa shape index (κ3) is 12.7. The summed E-state index contributed by atoms with van der Waals surface area (Å²) in [5.41, 5.74) is 0. The van der Waals surface area contributed by atoms with Crippen LogP contribution in [0.1, 0.15) is 71.1 Å². The third-order valence-corrected chi connectivity index (χ3v) is 4.13. The van der Waals surface area contributed by atoms with Gasteiger partial charge in [0.1, 0.15) is 0 Å². The number of hydrogen-bond acceptors (Lipinski definition) is 5. The minimum Gasteiger partial charge on any atom is -0.394 e. The van der Waals surface area contributed by atoms with Gasteiger partial charge in [0.05, 0.1) is 25.4 Å². The second-order valence-corrected chi connectivity index (χ2v) is 6.55. The summed E-state index contributed by atoms with van der Waals surface area (Å²) in [6, 6.07) is 0. The normalized spacial score (nSPS) is 13.7. The van der Waals surface area contributed by atoms with Crippen molar-refractivity contribution in [1.29, 1.82) is 0 Å². The van der Waals surface area contributed by atoms with Crippen molar-refractivity contribution in [3.05, 3.63) is 0 Å². The van der Waals surface area contributed by atoms with Gasteiger partial charge < -0.3 is 25.3 Å². The van der Waals surface area contributed by atoms with Crippen LogP contribution in [0.3, 0.4) is 0 Å². The molecule has 0 aliphatic heterocycles. The van der Waals surface area contributed by atoms with E-state index in [-0.39, 0.29) is 19.0 Å². The van der Waals surface area contributed by atoms with E-state index in [4.69, 9.17) is 10.2 Å². The fraction of sp³-hybridized carbons (Fsp3) is 0.944. The van der Waals surface area contributed by atoms with Gasteiger partial charge in [-0.1, -0.05) is 58.3 Å². The number of aliphatic hydroxyl groups is 4. The van der Waals surface area contributed by atoms with Crippen LogP contribution in [0.5, 0.6) is 0 Å². The van der Waals surface area contributed by atoms with E-state index in [2.05, 4.69) is 6.92 Å². The van der Waals surface area contributed by atoms with Crippen molar-refractivity contribution in [3.63, 3.8) is 0 Å². The van der Waals surface area contributed by atoms with Crippen molar-refractivity contribution in [2.45, 2.75) is 83.3 Å². The van der Waals surface area contributed by atoms with Crippen LogP contribution in [0, 0.1) is 0 Å². The Morgan fingerprint density at radius 2 is 1.21 bits per heavy atom. The molecular formula is C18H37NO5. The number of carbonyl (C=O) groups excluding carboxylic acids is 1. The largest absolute Gasteiger partial charge is 0.394 e. The van der Waals surface area contributed by atoms with Gasteiger partial charge in [-0.25, -0.2) is 0 Å². The molecule has 0 radical (unpaired) electrons. The molecule has 24 heavy (non-hydrogen) atoms. The summed E-state index contributed by atoms with van der Waals surface area (Å²) < 4.78 is 0. The number of rotatable bonds is 16. The van der Waals surface area contributed by atoms with Gasteiger partial charge in [0, 0.05) is 19.5 Å². The zero-order valence-electron chi connectivity index (χ0n) is 15.2. The Hall–Kier alpha value is -0.690. The quantitative estimate of drug-likeness (QED) is 0.317. The highest BCUT2D eigenvalue weighted by Gasteiger charge is 2.19. The SMILES string of the molecule is CCCCCCCCCCCC(=O)N(CC(O)CO)CC(O)CO. The number of nitrogens with zero attached hydrogens (tertiary/aromatic N) is 1. The van der Waals surface area contributed by atoms with Crippen LogP contribution in [-0.4, -0.2) is 69.7 Å². The molecule has 1 amide bonds. The maximum Gasteiger partial charge on any atom is 0.222 e. The Morgan fingerprint density at radius 3 is 1.62 bits per heavy atom. The maximum absolute atomic E-state index is 12.2. The van der Waals surface area contributed by atoms with Gasteiger partial charge in [-0.3, -0.25) is 4.79 Å². The van der Waals surface area contributed by atoms with Gasteiger partial charge >= 0.3 is 0 Å². The van der Waals surface area contributed by atoms with E-state index in [1.807, 2.05) is 0 Å². The topological polar surface area (TPSA) is 101 Å². The summed E-state index contributed by atoms with van der Waals surface area (Å²) in [5.74, 6) is -0.155. The Balaban J connectivity index is 3.92. The molecule has 4 N–H and O–H groups in total. The van der Waals surface area contributed by atoms with Crippen molar-refractivity contribution in [2.75, 3.05) is 26.3 Å². The molecule has 6 heteroatoms. The Bertz CT molecular complexity index is 289. The van der Waals surface area contributed by atoms with Crippen LogP contribution in [0.15, 0.2) is 0 Å². The van der Waals surface area contributed by atoms with Crippen molar-refractivity contribution in [1.82, 2.24) is 4.90 Å². The summed E-state index contributed by atoms with van der Waals surface area (Å²) in [6.45, 7) is 1.29. The minimum absolute atomic E-state index is 0.0240. The van der Waals surface area contributed by atoms with Crippen LogP contribution in [0.4, 0.5) is 0 Å². The summed E-state index contributed by atoms with van der Waals surface area (Å²) in [4.78, 5) is 13.5. The number of carbonyl (C=O) groups is 1. The predicted octanol–water partition coefficient (Wildman–Crippen LogP) is 1.44. The maximum atomic E-state index is 12.2. The van der Waals surface area contributed by atoms with Crippen LogP contribution in [0.25, 0.3) is 0 Å². The molecule has 0 saturated heterocycles. The Kier molecular flexibility index (Phi) is 15.4. The van der Waals surface area contributed by atoms with E-state index in [0.29, 0.717) is 6.42 Å². The van der Waals surface area contributed by atoms with E-state index in [0.717, 1.165) is 19.3 Å². The fourth-order valence-corrected chi connectivity index (χ4v) is 2.65. The first-order valence-corrected chi connectivity index (χ1v) is 9.40.